The van der Waals surface area contributed by atoms with Crippen molar-refractivity contribution in [2.24, 2.45) is 0 Å². The van der Waals surface area contributed by atoms with E-state index in [4.69, 9.17) is 0 Å². The number of carbonyl (C=O) groups excluding carboxylic acids is 2. The zero-order valence-corrected chi connectivity index (χ0v) is 15.6. The average molecular weight is 374 g/mol. The van der Waals surface area contributed by atoms with E-state index in [1.807, 2.05) is 60.7 Å². The van der Waals surface area contributed by atoms with Crippen molar-refractivity contribution in [1.29, 1.82) is 0 Å². The van der Waals surface area contributed by atoms with Crippen LogP contribution in [-0.4, -0.2) is 21.7 Å². The number of benzene rings is 2. The van der Waals surface area contributed by atoms with Crippen LogP contribution < -0.4 is 10.9 Å². The van der Waals surface area contributed by atoms with Gasteiger partial charge in [0, 0.05) is 25.2 Å². The molecule has 0 fully saturated rings. The first kappa shape index (κ1) is 19.1. The Morgan fingerprint density at radius 2 is 1.61 bits per heavy atom. The van der Waals surface area contributed by atoms with Crippen LogP contribution in [0.25, 0.3) is 0 Å². The summed E-state index contributed by atoms with van der Waals surface area (Å²) in [6.07, 6.45) is 1.71. The SMILES string of the molecule is CC(=O)N(Cc1ccc(C(=O)NNc2ccccc2)cc1)Cc1ccccn1. The van der Waals surface area contributed by atoms with E-state index < -0.39 is 0 Å². The minimum atomic E-state index is -0.229. The van der Waals surface area contributed by atoms with Gasteiger partial charge >= 0.3 is 0 Å². The fraction of sp³-hybridized carbons (Fsp3) is 0.136. The third-order valence-electron chi connectivity index (χ3n) is 4.21. The Morgan fingerprint density at radius 3 is 2.25 bits per heavy atom. The summed E-state index contributed by atoms with van der Waals surface area (Å²) in [5, 5.41) is 0. The number of carbonyl (C=O) groups is 2. The number of anilines is 1. The number of para-hydroxylation sites is 1. The molecule has 3 aromatic rings. The predicted molar refractivity (Wildman–Crippen MR) is 108 cm³/mol. The van der Waals surface area contributed by atoms with Crippen LogP contribution in [0.4, 0.5) is 5.69 Å². The summed E-state index contributed by atoms with van der Waals surface area (Å²) in [5.41, 5.74) is 8.65. The van der Waals surface area contributed by atoms with E-state index in [0.717, 1.165) is 16.9 Å². The highest BCUT2D eigenvalue weighted by atomic mass is 16.2. The molecule has 0 radical (unpaired) electrons. The van der Waals surface area contributed by atoms with Gasteiger partial charge in [-0.3, -0.25) is 25.4 Å². The van der Waals surface area contributed by atoms with Gasteiger partial charge in [-0.15, -0.1) is 0 Å². The fourth-order valence-electron chi connectivity index (χ4n) is 2.67. The maximum Gasteiger partial charge on any atom is 0.269 e. The lowest BCUT2D eigenvalue weighted by Gasteiger charge is -2.21. The molecule has 28 heavy (non-hydrogen) atoms. The first-order valence-corrected chi connectivity index (χ1v) is 8.97. The van der Waals surface area contributed by atoms with Crippen molar-refractivity contribution in [3.63, 3.8) is 0 Å². The van der Waals surface area contributed by atoms with Gasteiger partial charge in [-0.1, -0.05) is 36.4 Å². The molecule has 2 aromatic carbocycles. The largest absolute Gasteiger partial charge is 0.333 e. The van der Waals surface area contributed by atoms with Gasteiger partial charge in [0.1, 0.15) is 0 Å². The molecule has 0 aliphatic carbocycles. The molecule has 142 valence electrons. The lowest BCUT2D eigenvalue weighted by Crippen LogP contribution is -2.29. The number of amides is 2. The molecule has 0 aliphatic heterocycles. The van der Waals surface area contributed by atoms with Crippen molar-refractivity contribution in [2.45, 2.75) is 20.0 Å². The lowest BCUT2D eigenvalue weighted by molar-refractivity contribution is -0.130. The van der Waals surface area contributed by atoms with Crippen LogP contribution in [0.3, 0.4) is 0 Å². The van der Waals surface area contributed by atoms with E-state index in [0.29, 0.717) is 18.7 Å². The summed E-state index contributed by atoms with van der Waals surface area (Å²) in [6.45, 7) is 2.44. The van der Waals surface area contributed by atoms with Gasteiger partial charge < -0.3 is 4.90 Å². The minimum absolute atomic E-state index is 0.0282. The molecule has 0 saturated carbocycles. The van der Waals surface area contributed by atoms with E-state index >= 15 is 0 Å². The third kappa shape index (κ3) is 5.41. The molecule has 0 bridgehead atoms. The molecular weight excluding hydrogens is 352 g/mol. The molecule has 0 spiro atoms. The van der Waals surface area contributed by atoms with Crippen molar-refractivity contribution in [2.75, 3.05) is 5.43 Å². The second kappa shape index (κ2) is 9.32. The zero-order chi connectivity index (χ0) is 19.8. The van der Waals surface area contributed by atoms with Gasteiger partial charge in [0.25, 0.3) is 5.91 Å². The van der Waals surface area contributed by atoms with Crippen LogP contribution in [-0.2, 0) is 17.9 Å². The molecule has 2 amide bonds. The zero-order valence-electron chi connectivity index (χ0n) is 15.6. The standard InChI is InChI=1S/C22H22N4O2/c1-17(27)26(16-21-9-5-6-14-23-21)15-18-10-12-19(13-11-18)22(28)25-24-20-7-3-2-4-8-20/h2-14,24H,15-16H2,1H3,(H,25,28). The number of rotatable bonds is 7. The molecule has 1 heterocycles. The minimum Gasteiger partial charge on any atom is -0.333 e. The summed E-state index contributed by atoms with van der Waals surface area (Å²) in [5.74, 6) is -0.258. The van der Waals surface area contributed by atoms with Crippen LogP contribution in [0, 0.1) is 0 Å². The van der Waals surface area contributed by atoms with E-state index in [2.05, 4.69) is 15.8 Å². The van der Waals surface area contributed by atoms with Crippen molar-refractivity contribution in [1.82, 2.24) is 15.3 Å². The first-order valence-electron chi connectivity index (χ1n) is 8.97. The van der Waals surface area contributed by atoms with Gasteiger partial charge in [-0.25, -0.2) is 0 Å². The number of hydrogen-bond acceptors (Lipinski definition) is 4. The molecular formula is C22H22N4O2. The van der Waals surface area contributed by atoms with E-state index in [-0.39, 0.29) is 11.8 Å². The Morgan fingerprint density at radius 1 is 0.893 bits per heavy atom. The Hall–Kier alpha value is -3.67. The lowest BCUT2D eigenvalue weighted by atomic mass is 10.1. The summed E-state index contributed by atoms with van der Waals surface area (Å²) in [4.78, 5) is 30.2. The molecule has 0 aliphatic rings. The molecule has 0 unspecified atom stereocenters. The second-order valence-electron chi connectivity index (χ2n) is 6.34. The number of nitrogens with one attached hydrogen (secondary N) is 2. The highest BCUT2D eigenvalue weighted by molar-refractivity contribution is 5.94. The molecule has 6 nitrogen and oxygen atoms in total. The van der Waals surface area contributed by atoms with Crippen molar-refractivity contribution in [3.8, 4) is 0 Å². The molecule has 0 saturated heterocycles. The number of pyridine rings is 1. The molecule has 2 N–H and O–H groups in total. The fourth-order valence-corrected chi connectivity index (χ4v) is 2.67. The number of nitrogens with zero attached hydrogens (tertiary/aromatic N) is 2. The van der Waals surface area contributed by atoms with Crippen molar-refractivity contribution < 1.29 is 9.59 Å². The highest BCUT2D eigenvalue weighted by Crippen LogP contribution is 2.11. The molecule has 3 rings (SSSR count). The number of hydrazine groups is 1. The smallest absolute Gasteiger partial charge is 0.269 e. The van der Waals surface area contributed by atoms with Crippen LogP contribution in [0.5, 0.6) is 0 Å². The Kier molecular flexibility index (Phi) is 6.36. The Bertz CT molecular complexity index is 912. The van der Waals surface area contributed by atoms with Crippen molar-refractivity contribution >= 4 is 17.5 Å². The monoisotopic (exact) mass is 374 g/mol. The van der Waals surface area contributed by atoms with Gasteiger partial charge in [0.15, 0.2) is 0 Å². The van der Waals surface area contributed by atoms with Crippen LogP contribution >= 0.6 is 0 Å². The Labute approximate surface area is 164 Å². The van der Waals surface area contributed by atoms with Crippen LogP contribution in [0.1, 0.15) is 28.5 Å². The van der Waals surface area contributed by atoms with Gasteiger partial charge in [0.05, 0.1) is 17.9 Å². The molecule has 1 aromatic heterocycles. The number of aromatic nitrogens is 1. The van der Waals surface area contributed by atoms with Crippen LogP contribution in [0.2, 0.25) is 0 Å². The normalized spacial score (nSPS) is 10.2. The maximum absolute atomic E-state index is 12.3. The van der Waals surface area contributed by atoms with Gasteiger partial charge in [-0.2, -0.15) is 0 Å². The summed E-state index contributed by atoms with van der Waals surface area (Å²) < 4.78 is 0. The second-order valence-corrected chi connectivity index (χ2v) is 6.34. The summed E-state index contributed by atoms with van der Waals surface area (Å²) in [6, 6.07) is 22.2. The quantitative estimate of drug-likeness (QED) is 0.622. The van der Waals surface area contributed by atoms with Gasteiger partial charge in [-0.05, 0) is 42.0 Å². The summed E-state index contributed by atoms with van der Waals surface area (Å²) >= 11 is 0. The van der Waals surface area contributed by atoms with Crippen molar-refractivity contribution in [3.05, 3.63) is 95.8 Å². The predicted octanol–water partition coefficient (Wildman–Crippen LogP) is 3.39. The van der Waals surface area contributed by atoms with Gasteiger partial charge in [0.2, 0.25) is 5.91 Å². The molecule has 0 atom stereocenters. The highest BCUT2D eigenvalue weighted by Gasteiger charge is 2.12. The van der Waals surface area contributed by atoms with E-state index in [1.54, 1.807) is 30.2 Å². The Balaban J connectivity index is 1.59. The number of hydrogen-bond donors (Lipinski definition) is 2. The first-order chi connectivity index (χ1) is 13.6. The van der Waals surface area contributed by atoms with Crippen LogP contribution in [0.15, 0.2) is 79.0 Å². The maximum atomic E-state index is 12.3. The summed E-state index contributed by atoms with van der Waals surface area (Å²) in [7, 11) is 0. The van der Waals surface area contributed by atoms with E-state index in [9.17, 15) is 9.59 Å². The van der Waals surface area contributed by atoms with E-state index in [1.165, 1.54) is 0 Å². The third-order valence-corrected chi connectivity index (χ3v) is 4.21. The molecule has 6 heteroatoms. The average Bonchev–Trinajstić information content (AvgIpc) is 2.73. The topological polar surface area (TPSA) is 74.3 Å².